The first kappa shape index (κ1) is 25.7. The Morgan fingerprint density at radius 3 is 2.33 bits per heavy atom. The molecule has 0 spiro atoms. The summed E-state index contributed by atoms with van der Waals surface area (Å²) in [7, 11) is -3.14. The molecular formula is C28H19F2N3O5S. The Bertz CT molecular complexity index is 1850. The Balaban J connectivity index is 1.56. The van der Waals surface area contributed by atoms with Crippen LogP contribution >= 0.6 is 0 Å². The molecule has 0 aliphatic carbocycles. The molecule has 11 heteroatoms. The second-order valence-corrected chi connectivity index (χ2v) is 10.1. The van der Waals surface area contributed by atoms with Crippen molar-refractivity contribution < 1.29 is 31.8 Å². The predicted molar refractivity (Wildman–Crippen MR) is 141 cm³/mol. The van der Waals surface area contributed by atoms with Crippen molar-refractivity contribution in [2.75, 3.05) is 11.8 Å². The first-order valence-electron chi connectivity index (χ1n) is 11.4. The number of halogens is 2. The lowest BCUT2D eigenvalue weighted by molar-refractivity contribution is 0.0697. The number of nitrogens with zero attached hydrogens (tertiary/aromatic N) is 2. The molecule has 2 aromatic heterocycles. The fraction of sp³-hybridized carbons (Fsp3) is 0.0357. The number of sulfonamides is 1. The summed E-state index contributed by atoms with van der Waals surface area (Å²) >= 11 is 0. The monoisotopic (exact) mass is 547 g/mol. The zero-order valence-electron chi connectivity index (χ0n) is 20.2. The van der Waals surface area contributed by atoms with Crippen LogP contribution in [0.3, 0.4) is 0 Å². The molecule has 196 valence electrons. The van der Waals surface area contributed by atoms with Gasteiger partial charge in [-0.05, 0) is 65.2 Å². The van der Waals surface area contributed by atoms with Crippen molar-refractivity contribution in [3.63, 3.8) is 0 Å². The molecule has 5 rings (SSSR count). The minimum atomic E-state index is -4.44. The van der Waals surface area contributed by atoms with Crippen molar-refractivity contribution in [2.45, 2.75) is 4.90 Å². The highest BCUT2D eigenvalue weighted by Gasteiger charge is 2.22. The summed E-state index contributed by atoms with van der Waals surface area (Å²) in [6, 6.07) is 17.3. The van der Waals surface area contributed by atoms with Gasteiger partial charge in [0.05, 0.1) is 18.2 Å². The van der Waals surface area contributed by atoms with Crippen molar-refractivity contribution in [1.29, 1.82) is 0 Å². The Kier molecular flexibility index (Phi) is 6.67. The highest BCUT2D eigenvalue weighted by atomic mass is 32.2. The molecule has 39 heavy (non-hydrogen) atoms. The van der Waals surface area contributed by atoms with Crippen molar-refractivity contribution in [1.82, 2.24) is 9.97 Å². The van der Waals surface area contributed by atoms with Crippen molar-refractivity contribution in [3.8, 4) is 28.1 Å². The van der Waals surface area contributed by atoms with Crippen molar-refractivity contribution in [2.24, 2.45) is 0 Å². The number of ether oxygens (including phenoxy) is 1. The summed E-state index contributed by atoms with van der Waals surface area (Å²) in [5.41, 5.74) is 3.59. The summed E-state index contributed by atoms with van der Waals surface area (Å²) in [4.78, 5) is 19.1. The van der Waals surface area contributed by atoms with Crippen LogP contribution in [0.25, 0.3) is 33.2 Å². The number of pyridine rings is 2. The van der Waals surface area contributed by atoms with Gasteiger partial charge in [0.1, 0.15) is 22.2 Å². The molecule has 3 aromatic carbocycles. The molecule has 0 amide bonds. The Hall–Kier alpha value is -4.90. The molecule has 0 aliphatic heterocycles. The first-order chi connectivity index (χ1) is 18.7. The highest BCUT2D eigenvalue weighted by Crippen LogP contribution is 2.34. The maximum Gasteiger partial charge on any atom is 0.335 e. The fourth-order valence-corrected chi connectivity index (χ4v) is 5.22. The number of carbonyl (C=O) groups is 1. The Morgan fingerprint density at radius 2 is 1.64 bits per heavy atom. The van der Waals surface area contributed by atoms with E-state index < -0.39 is 32.5 Å². The molecule has 0 saturated heterocycles. The van der Waals surface area contributed by atoms with Gasteiger partial charge >= 0.3 is 5.97 Å². The maximum absolute atomic E-state index is 14.2. The number of fused-ring (bicyclic) bond motifs is 1. The number of benzene rings is 3. The first-order valence-corrected chi connectivity index (χ1v) is 12.9. The third kappa shape index (κ3) is 5.12. The van der Waals surface area contributed by atoms with Gasteiger partial charge in [-0.2, -0.15) is 0 Å². The van der Waals surface area contributed by atoms with Crippen LogP contribution in [-0.4, -0.2) is 36.6 Å². The molecule has 2 heterocycles. The van der Waals surface area contributed by atoms with Crippen LogP contribution in [0, 0.1) is 11.6 Å². The van der Waals surface area contributed by atoms with Crippen molar-refractivity contribution >= 4 is 32.6 Å². The van der Waals surface area contributed by atoms with Gasteiger partial charge in [0.25, 0.3) is 10.0 Å². The number of rotatable bonds is 7. The molecule has 0 unspecified atom stereocenters. The van der Waals surface area contributed by atoms with E-state index in [1.165, 1.54) is 31.5 Å². The van der Waals surface area contributed by atoms with Gasteiger partial charge < -0.3 is 9.84 Å². The number of aromatic nitrogens is 2. The third-order valence-electron chi connectivity index (χ3n) is 5.99. The van der Waals surface area contributed by atoms with Gasteiger partial charge in [0, 0.05) is 29.4 Å². The van der Waals surface area contributed by atoms with Gasteiger partial charge in [0.15, 0.2) is 0 Å². The van der Waals surface area contributed by atoms with E-state index in [4.69, 9.17) is 4.74 Å². The van der Waals surface area contributed by atoms with Crippen LogP contribution in [0.4, 0.5) is 14.5 Å². The number of anilines is 1. The molecule has 8 nitrogen and oxygen atoms in total. The van der Waals surface area contributed by atoms with Crippen LogP contribution < -0.4 is 9.46 Å². The highest BCUT2D eigenvalue weighted by molar-refractivity contribution is 7.92. The van der Waals surface area contributed by atoms with Gasteiger partial charge in [-0.25, -0.2) is 27.0 Å². The van der Waals surface area contributed by atoms with Crippen LogP contribution in [0.5, 0.6) is 5.88 Å². The van der Waals surface area contributed by atoms with E-state index >= 15 is 0 Å². The molecule has 2 N–H and O–H groups in total. The van der Waals surface area contributed by atoms with Crippen LogP contribution in [-0.2, 0) is 10.0 Å². The number of methoxy groups -OCH3 is 1. The lowest BCUT2D eigenvalue weighted by atomic mass is 9.97. The predicted octanol–water partition coefficient (Wildman–Crippen LogP) is 5.75. The van der Waals surface area contributed by atoms with Gasteiger partial charge in [-0.15, -0.1) is 0 Å². The van der Waals surface area contributed by atoms with E-state index in [2.05, 4.69) is 14.7 Å². The van der Waals surface area contributed by atoms with E-state index in [-0.39, 0.29) is 17.1 Å². The lowest BCUT2D eigenvalue weighted by Crippen LogP contribution is -2.15. The van der Waals surface area contributed by atoms with Crippen LogP contribution in [0.15, 0.2) is 90.1 Å². The number of nitrogens with one attached hydrogen (secondary N) is 1. The van der Waals surface area contributed by atoms with Gasteiger partial charge in [-0.3, -0.25) is 9.71 Å². The van der Waals surface area contributed by atoms with Gasteiger partial charge in [-0.1, -0.05) is 18.2 Å². The molecule has 0 atom stereocenters. The van der Waals surface area contributed by atoms with E-state index in [1.54, 1.807) is 30.5 Å². The Labute approximate surface area is 221 Å². The van der Waals surface area contributed by atoms with E-state index in [0.717, 1.165) is 28.6 Å². The Morgan fingerprint density at radius 1 is 0.897 bits per heavy atom. The third-order valence-corrected chi connectivity index (χ3v) is 7.39. The van der Waals surface area contributed by atoms with E-state index in [1.807, 2.05) is 12.1 Å². The summed E-state index contributed by atoms with van der Waals surface area (Å²) in [6.07, 6.45) is 3.15. The van der Waals surface area contributed by atoms with E-state index in [9.17, 15) is 27.1 Å². The molecule has 0 aliphatic rings. The molecular weight excluding hydrogens is 528 g/mol. The van der Waals surface area contributed by atoms with Gasteiger partial charge in [0.2, 0.25) is 5.88 Å². The maximum atomic E-state index is 14.2. The average molecular weight is 548 g/mol. The summed E-state index contributed by atoms with van der Waals surface area (Å²) in [6.45, 7) is 0. The fourth-order valence-electron chi connectivity index (χ4n) is 4.11. The molecule has 0 radical (unpaired) electrons. The van der Waals surface area contributed by atoms with Crippen molar-refractivity contribution in [3.05, 3.63) is 102 Å². The summed E-state index contributed by atoms with van der Waals surface area (Å²) < 4.78 is 60.8. The SMILES string of the molecule is COc1ncc(-c2ccc3nccc(-c4ccc(C(=O)O)cc4)c3c2)cc1NS(=O)(=O)c1ccc(F)cc1F. The number of carboxylic acid groups (broad SMARTS) is 1. The van der Waals surface area contributed by atoms with E-state index in [0.29, 0.717) is 22.7 Å². The topological polar surface area (TPSA) is 118 Å². The van der Waals surface area contributed by atoms with Crippen LogP contribution in [0.2, 0.25) is 0 Å². The lowest BCUT2D eigenvalue weighted by Gasteiger charge is -2.14. The molecule has 0 bridgehead atoms. The largest absolute Gasteiger partial charge is 0.480 e. The van der Waals surface area contributed by atoms with Crippen LogP contribution in [0.1, 0.15) is 10.4 Å². The molecule has 5 aromatic rings. The number of carboxylic acids is 1. The number of aromatic carboxylic acids is 1. The number of hydrogen-bond donors (Lipinski definition) is 2. The summed E-state index contributed by atoms with van der Waals surface area (Å²) in [5, 5.41) is 9.97. The average Bonchev–Trinajstić information content (AvgIpc) is 2.92. The normalized spacial score (nSPS) is 11.4. The smallest absolute Gasteiger partial charge is 0.335 e. The number of hydrogen-bond acceptors (Lipinski definition) is 6. The quantitative estimate of drug-likeness (QED) is 0.266. The molecule has 0 saturated carbocycles. The molecule has 0 fully saturated rings. The zero-order valence-corrected chi connectivity index (χ0v) is 21.0. The zero-order chi connectivity index (χ0) is 27.7. The second-order valence-electron chi connectivity index (χ2n) is 8.43. The minimum absolute atomic E-state index is 0.0468. The second kappa shape index (κ2) is 10.1. The standard InChI is InChI=1S/C28H19F2N3O5S/c1-38-27-25(33-39(36,37)26-9-7-20(29)14-23(26)30)13-19(15-32-27)18-6-8-24-22(12-18)21(10-11-31-24)16-2-4-17(5-3-16)28(34)35/h2-15,33H,1H3,(H,34,35). The summed E-state index contributed by atoms with van der Waals surface area (Å²) in [5.74, 6) is -3.22. The minimum Gasteiger partial charge on any atom is -0.480 e.